The minimum atomic E-state index is -0.572. The van der Waals surface area contributed by atoms with Crippen LogP contribution >= 0.6 is 0 Å². The van der Waals surface area contributed by atoms with Gasteiger partial charge in [0.15, 0.2) is 0 Å². The number of rotatable bonds is 2. The first-order chi connectivity index (χ1) is 7.63. The molecule has 0 fully saturated rings. The quantitative estimate of drug-likeness (QED) is 0.631. The number of aliphatic hydroxyl groups excluding tert-OH is 1. The minimum absolute atomic E-state index is 0.0489. The summed E-state index contributed by atoms with van der Waals surface area (Å²) in [5.74, 6) is -0.0489. The van der Waals surface area contributed by atoms with E-state index in [1.807, 2.05) is 0 Å². The van der Waals surface area contributed by atoms with Crippen molar-refractivity contribution in [3.05, 3.63) is 39.0 Å². The van der Waals surface area contributed by atoms with Crippen LogP contribution in [0.1, 0.15) is 0 Å². The lowest BCUT2D eigenvalue weighted by Crippen LogP contribution is -2.35. The zero-order valence-electron chi connectivity index (χ0n) is 8.30. The number of phenols is 1. The molecule has 0 aliphatic heterocycles. The van der Waals surface area contributed by atoms with Crippen LogP contribution in [0.2, 0.25) is 0 Å². The molecule has 2 aromatic rings. The molecule has 0 unspecified atom stereocenters. The molecule has 0 bridgehead atoms. The van der Waals surface area contributed by atoms with Crippen molar-refractivity contribution >= 4 is 10.9 Å². The van der Waals surface area contributed by atoms with Gasteiger partial charge in [-0.2, -0.15) is 0 Å². The van der Waals surface area contributed by atoms with Gasteiger partial charge in [0, 0.05) is 0 Å². The van der Waals surface area contributed by atoms with E-state index < -0.39 is 11.2 Å². The predicted molar refractivity (Wildman–Crippen MR) is 57.6 cm³/mol. The third-order valence-corrected chi connectivity index (χ3v) is 2.29. The maximum Gasteiger partial charge on any atom is 0.328 e. The second-order valence-corrected chi connectivity index (χ2v) is 3.34. The van der Waals surface area contributed by atoms with Gasteiger partial charge in [-0.05, 0) is 18.2 Å². The van der Waals surface area contributed by atoms with E-state index in [0.29, 0.717) is 5.52 Å². The van der Waals surface area contributed by atoms with Crippen molar-refractivity contribution in [3.63, 3.8) is 0 Å². The Labute approximate surface area is 89.4 Å². The van der Waals surface area contributed by atoms with Gasteiger partial charge in [-0.25, -0.2) is 4.79 Å². The zero-order valence-corrected chi connectivity index (χ0v) is 8.30. The van der Waals surface area contributed by atoms with Crippen LogP contribution in [0.5, 0.6) is 5.75 Å². The fraction of sp³-hybridized carbons (Fsp3) is 0.200. The van der Waals surface area contributed by atoms with Crippen molar-refractivity contribution in [2.24, 2.45) is 0 Å². The van der Waals surface area contributed by atoms with Gasteiger partial charge in [0.05, 0.1) is 24.1 Å². The molecule has 0 saturated carbocycles. The summed E-state index contributed by atoms with van der Waals surface area (Å²) in [5.41, 5.74) is -0.733. The summed E-state index contributed by atoms with van der Waals surface area (Å²) in [5, 5.41) is 18.2. The third-order valence-electron chi connectivity index (χ3n) is 2.29. The molecule has 2 rings (SSSR count). The third kappa shape index (κ3) is 1.59. The number of benzene rings is 1. The second-order valence-electron chi connectivity index (χ2n) is 3.34. The number of aliphatic hydroxyl groups is 1. The van der Waals surface area contributed by atoms with E-state index in [-0.39, 0.29) is 24.3 Å². The van der Waals surface area contributed by atoms with Crippen molar-refractivity contribution < 1.29 is 10.2 Å². The predicted octanol–water partition coefficient (Wildman–Crippen LogP) is -0.612. The standard InChI is InChI=1S/C10H10N2O4/c13-4-3-12-9(15)7-5-6(14)1-2-8(7)11-10(12)16/h1-2,5,13-14H,3-4H2,(H,11,16). The molecule has 6 nitrogen and oxygen atoms in total. The van der Waals surface area contributed by atoms with E-state index in [4.69, 9.17) is 5.11 Å². The van der Waals surface area contributed by atoms with Gasteiger partial charge in [-0.1, -0.05) is 0 Å². The van der Waals surface area contributed by atoms with Crippen LogP contribution in [0.25, 0.3) is 10.9 Å². The van der Waals surface area contributed by atoms with E-state index >= 15 is 0 Å². The maximum absolute atomic E-state index is 11.8. The van der Waals surface area contributed by atoms with Gasteiger partial charge >= 0.3 is 5.69 Å². The van der Waals surface area contributed by atoms with Crippen molar-refractivity contribution in [2.75, 3.05) is 6.61 Å². The van der Waals surface area contributed by atoms with Gasteiger partial charge in [0.25, 0.3) is 5.56 Å². The molecular weight excluding hydrogens is 212 g/mol. The van der Waals surface area contributed by atoms with Gasteiger partial charge < -0.3 is 15.2 Å². The number of hydrogen-bond donors (Lipinski definition) is 3. The van der Waals surface area contributed by atoms with Gasteiger partial charge in [-0.15, -0.1) is 0 Å². The van der Waals surface area contributed by atoms with Crippen LogP contribution in [0.15, 0.2) is 27.8 Å². The first-order valence-corrected chi connectivity index (χ1v) is 4.70. The number of aromatic nitrogens is 2. The number of aromatic hydroxyl groups is 1. The summed E-state index contributed by atoms with van der Waals surface area (Å²) in [7, 11) is 0. The van der Waals surface area contributed by atoms with Crippen LogP contribution in [-0.2, 0) is 6.54 Å². The summed E-state index contributed by atoms with van der Waals surface area (Å²) >= 11 is 0. The molecular formula is C10H10N2O4. The topological polar surface area (TPSA) is 95.3 Å². The molecule has 84 valence electrons. The van der Waals surface area contributed by atoms with E-state index in [0.717, 1.165) is 4.57 Å². The van der Waals surface area contributed by atoms with E-state index in [2.05, 4.69) is 4.98 Å². The van der Waals surface area contributed by atoms with Crippen molar-refractivity contribution in [3.8, 4) is 5.75 Å². The summed E-state index contributed by atoms with van der Waals surface area (Å²) in [6, 6.07) is 4.12. The van der Waals surface area contributed by atoms with E-state index in [1.165, 1.54) is 18.2 Å². The lowest BCUT2D eigenvalue weighted by Gasteiger charge is -2.04. The average Bonchev–Trinajstić information content (AvgIpc) is 2.26. The molecule has 6 heteroatoms. The van der Waals surface area contributed by atoms with Crippen LogP contribution in [0, 0.1) is 0 Å². The second kappa shape index (κ2) is 3.82. The van der Waals surface area contributed by atoms with Gasteiger partial charge in [0.1, 0.15) is 5.75 Å². The molecule has 0 atom stereocenters. The fourth-order valence-electron chi connectivity index (χ4n) is 1.54. The van der Waals surface area contributed by atoms with Gasteiger partial charge in [-0.3, -0.25) is 9.36 Å². The zero-order chi connectivity index (χ0) is 11.7. The number of hydrogen-bond acceptors (Lipinski definition) is 4. The van der Waals surface area contributed by atoms with Crippen LogP contribution in [0.3, 0.4) is 0 Å². The number of H-pyrrole nitrogens is 1. The SMILES string of the molecule is O=c1[nH]c2ccc(O)cc2c(=O)n1CCO. The number of aromatic amines is 1. The van der Waals surface area contributed by atoms with Crippen molar-refractivity contribution in [2.45, 2.75) is 6.54 Å². The molecule has 0 saturated heterocycles. The number of nitrogens with one attached hydrogen (secondary N) is 1. The Hall–Kier alpha value is -2.08. The molecule has 0 aliphatic rings. The number of nitrogens with zero attached hydrogens (tertiary/aromatic N) is 1. The maximum atomic E-state index is 11.8. The molecule has 3 N–H and O–H groups in total. The molecule has 16 heavy (non-hydrogen) atoms. The largest absolute Gasteiger partial charge is 0.508 e. The molecule has 0 amide bonds. The molecule has 0 radical (unpaired) electrons. The summed E-state index contributed by atoms with van der Waals surface area (Å²) in [6.07, 6.45) is 0. The highest BCUT2D eigenvalue weighted by molar-refractivity contribution is 5.78. The molecule has 1 heterocycles. The first kappa shape index (κ1) is 10.4. The molecule has 0 aliphatic carbocycles. The van der Waals surface area contributed by atoms with Crippen molar-refractivity contribution in [1.82, 2.24) is 9.55 Å². The number of phenolic OH excluding ortho intramolecular Hbond substituents is 1. The Kier molecular flexibility index (Phi) is 2.49. The van der Waals surface area contributed by atoms with Gasteiger partial charge in [0.2, 0.25) is 0 Å². The lowest BCUT2D eigenvalue weighted by atomic mass is 10.2. The van der Waals surface area contributed by atoms with Crippen molar-refractivity contribution in [1.29, 1.82) is 0 Å². The molecule has 1 aromatic heterocycles. The highest BCUT2D eigenvalue weighted by Crippen LogP contribution is 2.13. The molecule has 1 aromatic carbocycles. The summed E-state index contributed by atoms with van der Waals surface area (Å²) < 4.78 is 0.891. The first-order valence-electron chi connectivity index (χ1n) is 4.70. The Balaban J connectivity index is 2.85. The van der Waals surface area contributed by atoms with E-state index in [1.54, 1.807) is 0 Å². The summed E-state index contributed by atoms with van der Waals surface area (Å²) in [6.45, 7) is -0.368. The summed E-state index contributed by atoms with van der Waals surface area (Å²) in [4.78, 5) is 25.8. The average molecular weight is 222 g/mol. The molecule has 0 spiro atoms. The number of fused-ring (bicyclic) bond motifs is 1. The van der Waals surface area contributed by atoms with Crippen LogP contribution in [0.4, 0.5) is 0 Å². The Morgan fingerprint density at radius 3 is 2.75 bits per heavy atom. The lowest BCUT2D eigenvalue weighted by molar-refractivity contribution is 0.272. The normalized spacial score (nSPS) is 10.8. The highest BCUT2D eigenvalue weighted by atomic mass is 16.3. The Morgan fingerprint density at radius 2 is 2.06 bits per heavy atom. The Morgan fingerprint density at radius 1 is 1.31 bits per heavy atom. The fourth-order valence-corrected chi connectivity index (χ4v) is 1.54. The minimum Gasteiger partial charge on any atom is -0.508 e. The highest BCUT2D eigenvalue weighted by Gasteiger charge is 2.07. The Bertz CT molecular complexity index is 641. The smallest absolute Gasteiger partial charge is 0.328 e. The van der Waals surface area contributed by atoms with Crippen LogP contribution in [-0.4, -0.2) is 26.4 Å². The monoisotopic (exact) mass is 222 g/mol. The van der Waals surface area contributed by atoms with Crippen LogP contribution < -0.4 is 11.2 Å². The van der Waals surface area contributed by atoms with E-state index in [9.17, 15) is 14.7 Å².